The van der Waals surface area contributed by atoms with Gasteiger partial charge in [-0.25, -0.2) is 0 Å². The van der Waals surface area contributed by atoms with E-state index in [2.05, 4.69) is 26.0 Å². The van der Waals surface area contributed by atoms with Crippen LogP contribution in [-0.2, 0) is 6.42 Å². The lowest BCUT2D eigenvalue weighted by atomic mass is 10.3. The van der Waals surface area contributed by atoms with Crippen LogP contribution in [0.3, 0.4) is 0 Å². The minimum atomic E-state index is -0.272. The number of carbonyl (C=O) groups is 1. The maximum Gasteiger partial charge on any atom is 0.275 e. The summed E-state index contributed by atoms with van der Waals surface area (Å²) in [5.74, 6) is 0.104. The smallest absolute Gasteiger partial charge is 0.275 e. The van der Waals surface area contributed by atoms with E-state index in [0.717, 1.165) is 12.1 Å². The van der Waals surface area contributed by atoms with Crippen LogP contribution >= 0.6 is 22.9 Å². The molecule has 2 heterocycles. The molecule has 0 saturated carbocycles. The summed E-state index contributed by atoms with van der Waals surface area (Å²) in [6, 6.07) is 11.1. The number of aromatic amines is 1. The molecule has 118 valence electrons. The number of hydrogen-bond donors (Lipinski definition) is 3. The molecular weight excluding hydrogens is 334 g/mol. The van der Waals surface area contributed by atoms with E-state index in [4.69, 9.17) is 11.6 Å². The number of rotatable bonds is 6. The van der Waals surface area contributed by atoms with Gasteiger partial charge in [0.05, 0.1) is 0 Å². The number of benzene rings is 1. The predicted octanol–water partition coefficient (Wildman–Crippen LogP) is 3.24. The summed E-state index contributed by atoms with van der Waals surface area (Å²) in [4.78, 5) is 13.4. The van der Waals surface area contributed by atoms with Gasteiger partial charge in [-0.05, 0) is 42.1 Å². The fourth-order valence-corrected chi connectivity index (χ4v) is 2.82. The van der Waals surface area contributed by atoms with E-state index in [1.165, 1.54) is 4.88 Å². The molecule has 0 spiro atoms. The number of hydrogen-bond acceptors (Lipinski definition) is 5. The molecule has 0 aliphatic rings. The highest BCUT2D eigenvalue weighted by Gasteiger charge is 2.16. The normalized spacial score (nSPS) is 10.5. The average molecular weight is 348 g/mol. The first-order valence-corrected chi connectivity index (χ1v) is 8.22. The molecule has 0 aliphatic carbocycles. The summed E-state index contributed by atoms with van der Waals surface area (Å²) in [7, 11) is 0. The molecule has 0 bridgehead atoms. The predicted molar refractivity (Wildman–Crippen MR) is 91.5 cm³/mol. The van der Waals surface area contributed by atoms with Gasteiger partial charge in [-0.2, -0.15) is 5.21 Å². The molecule has 23 heavy (non-hydrogen) atoms. The Hall–Kier alpha value is -2.38. The summed E-state index contributed by atoms with van der Waals surface area (Å²) >= 11 is 7.52. The largest absolute Gasteiger partial charge is 0.350 e. The summed E-state index contributed by atoms with van der Waals surface area (Å²) in [6.07, 6.45) is 0.793. The molecule has 2 aromatic heterocycles. The van der Waals surface area contributed by atoms with Crippen molar-refractivity contribution in [3.8, 4) is 0 Å². The van der Waals surface area contributed by atoms with Crippen molar-refractivity contribution >= 4 is 40.4 Å². The van der Waals surface area contributed by atoms with Gasteiger partial charge < -0.3 is 10.6 Å². The van der Waals surface area contributed by atoms with Gasteiger partial charge >= 0.3 is 0 Å². The number of thiophene rings is 1. The number of nitrogens with zero attached hydrogens (tertiary/aromatic N) is 2. The molecule has 0 fully saturated rings. The Labute approximate surface area is 141 Å². The Morgan fingerprint density at radius 3 is 2.78 bits per heavy atom. The van der Waals surface area contributed by atoms with E-state index in [9.17, 15) is 4.79 Å². The van der Waals surface area contributed by atoms with E-state index in [1.54, 1.807) is 35.6 Å². The Balaban J connectivity index is 1.60. The Bertz CT molecular complexity index is 770. The van der Waals surface area contributed by atoms with Crippen molar-refractivity contribution < 1.29 is 4.79 Å². The molecule has 3 rings (SSSR count). The highest BCUT2D eigenvalue weighted by molar-refractivity contribution is 7.09. The highest BCUT2D eigenvalue weighted by atomic mass is 35.5. The second kappa shape index (κ2) is 7.26. The van der Waals surface area contributed by atoms with Crippen molar-refractivity contribution in [2.45, 2.75) is 6.42 Å². The highest BCUT2D eigenvalue weighted by Crippen LogP contribution is 2.19. The Morgan fingerprint density at radius 2 is 2.04 bits per heavy atom. The lowest BCUT2D eigenvalue weighted by molar-refractivity contribution is 0.0950. The summed E-state index contributed by atoms with van der Waals surface area (Å²) in [5.41, 5.74) is 1.00. The number of aromatic nitrogens is 3. The van der Waals surface area contributed by atoms with E-state index in [-0.39, 0.29) is 11.6 Å². The quantitative estimate of drug-likeness (QED) is 0.639. The molecule has 0 radical (unpaired) electrons. The van der Waals surface area contributed by atoms with Crippen molar-refractivity contribution in [2.24, 2.45) is 0 Å². The lowest BCUT2D eigenvalue weighted by Gasteiger charge is -2.06. The van der Waals surface area contributed by atoms with Crippen LogP contribution in [0.2, 0.25) is 5.02 Å². The van der Waals surface area contributed by atoms with E-state index >= 15 is 0 Å². The summed E-state index contributed by atoms with van der Waals surface area (Å²) in [5, 5.41) is 18.9. The maximum atomic E-state index is 12.2. The minimum absolute atomic E-state index is 0.228. The lowest BCUT2D eigenvalue weighted by Crippen LogP contribution is -2.26. The fourth-order valence-electron chi connectivity index (χ4n) is 1.98. The summed E-state index contributed by atoms with van der Waals surface area (Å²) < 4.78 is 0. The minimum Gasteiger partial charge on any atom is -0.350 e. The van der Waals surface area contributed by atoms with Gasteiger partial charge in [0.25, 0.3) is 5.91 Å². The zero-order valence-electron chi connectivity index (χ0n) is 12.0. The second-order valence-electron chi connectivity index (χ2n) is 4.74. The van der Waals surface area contributed by atoms with Crippen molar-refractivity contribution in [3.05, 3.63) is 57.4 Å². The molecule has 3 N–H and O–H groups in total. The number of carbonyl (C=O) groups excluding carboxylic acids is 1. The third kappa shape index (κ3) is 4.08. The monoisotopic (exact) mass is 347 g/mol. The SMILES string of the molecule is O=C(NCCc1cccs1)c1n[nH]nc1Nc1ccc(Cl)cc1. The van der Waals surface area contributed by atoms with Crippen molar-refractivity contribution in [1.29, 1.82) is 0 Å². The van der Waals surface area contributed by atoms with E-state index in [0.29, 0.717) is 17.4 Å². The van der Waals surface area contributed by atoms with Crippen LogP contribution < -0.4 is 10.6 Å². The molecular formula is C15H14ClN5OS. The van der Waals surface area contributed by atoms with Crippen LogP contribution in [0.1, 0.15) is 15.4 Å². The molecule has 1 amide bonds. The number of amides is 1. The fraction of sp³-hybridized carbons (Fsp3) is 0.133. The Morgan fingerprint density at radius 1 is 1.22 bits per heavy atom. The van der Waals surface area contributed by atoms with Gasteiger partial charge in [0.15, 0.2) is 11.5 Å². The van der Waals surface area contributed by atoms with Crippen LogP contribution in [0.15, 0.2) is 41.8 Å². The van der Waals surface area contributed by atoms with Gasteiger partial charge in [0.1, 0.15) is 0 Å². The zero-order chi connectivity index (χ0) is 16.1. The van der Waals surface area contributed by atoms with Gasteiger partial charge in [-0.15, -0.1) is 21.5 Å². The van der Waals surface area contributed by atoms with Gasteiger partial charge in [0, 0.05) is 22.1 Å². The standard InChI is InChI=1S/C15H14ClN5OS/c16-10-3-5-11(6-4-10)18-14-13(19-21-20-14)15(22)17-8-7-12-2-1-9-23-12/h1-6,9H,7-8H2,(H,17,22)(H2,18,19,20,21). The van der Waals surface area contributed by atoms with Crippen molar-refractivity contribution in [1.82, 2.24) is 20.7 Å². The summed E-state index contributed by atoms with van der Waals surface area (Å²) in [6.45, 7) is 0.548. The zero-order valence-corrected chi connectivity index (χ0v) is 13.6. The van der Waals surface area contributed by atoms with Crippen molar-refractivity contribution in [2.75, 3.05) is 11.9 Å². The molecule has 0 atom stereocenters. The molecule has 1 aromatic carbocycles. The topological polar surface area (TPSA) is 82.7 Å². The number of nitrogens with one attached hydrogen (secondary N) is 3. The first-order valence-electron chi connectivity index (χ1n) is 6.96. The first-order chi connectivity index (χ1) is 11.2. The van der Waals surface area contributed by atoms with Crippen LogP contribution in [0.25, 0.3) is 0 Å². The van der Waals surface area contributed by atoms with E-state index in [1.807, 2.05) is 17.5 Å². The third-order valence-corrected chi connectivity index (χ3v) is 4.30. The van der Waals surface area contributed by atoms with Gasteiger partial charge in [0.2, 0.25) is 0 Å². The van der Waals surface area contributed by atoms with Crippen LogP contribution in [0, 0.1) is 0 Å². The first kappa shape index (κ1) is 15.5. The molecule has 0 unspecified atom stereocenters. The molecule has 0 saturated heterocycles. The molecule has 8 heteroatoms. The van der Waals surface area contributed by atoms with Crippen LogP contribution in [0.4, 0.5) is 11.5 Å². The van der Waals surface area contributed by atoms with Crippen LogP contribution in [0.5, 0.6) is 0 Å². The van der Waals surface area contributed by atoms with Crippen molar-refractivity contribution in [3.63, 3.8) is 0 Å². The molecule has 6 nitrogen and oxygen atoms in total. The third-order valence-electron chi connectivity index (χ3n) is 3.11. The molecule has 0 aliphatic heterocycles. The van der Waals surface area contributed by atoms with Gasteiger partial charge in [-0.3, -0.25) is 4.79 Å². The number of H-pyrrole nitrogens is 1. The number of halogens is 1. The molecule has 3 aromatic rings. The van der Waals surface area contributed by atoms with E-state index < -0.39 is 0 Å². The maximum absolute atomic E-state index is 12.2. The van der Waals surface area contributed by atoms with Gasteiger partial charge in [-0.1, -0.05) is 17.7 Å². The Kier molecular flexibility index (Phi) is 4.89. The number of anilines is 2. The average Bonchev–Trinajstić information content (AvgIpc) is 3.21. The van der Waals surface area contributed by atoms with Crippen LogP contribution in [-0.4, -0.2) is 27.9 Å². The second-order valence-corrected chi connectivity index (χ2v) is 6.21.